The molecule has 110 valence electrons. The van der Waals surface area contributed by atoms with Crippen LogP contribution in [0.3, 0.4) is 0 Å². The number of halogens is 1. The summed E-state index contributed by atoms with van der Waals surface area (Å²) in [5.41, 5.74) is 7.06. The molecule has 0 aromatic heterocycles. The van der Waals surface area contributed by atoms with Crippen LogP contribution in [0.4, 0.5) is 5.69 Å². The summed E-state index contributed by atoms with van der Waals surface area (Å²) in [6, 6.07) is 5.20. The zero-order chi connectivity index (χ0) is 14.9. The first-order valence-electron chi connectivity index (χ1n) is 7.13. The average Bonchev–Trinajstić information content (AvgIpc) is 2.29. The van der Waals surface area contributed by atoms with E-state index in [1.54, 1.807) is 18.2 Å². The third-order valence-electron chi connectivity index (χ3n) is 3.98. The molecular formula is C16H23ClN2O. The zero-order valence-electron chi connectivity index (χ0n) is 12.4. The van der Waals surface area contributed by atoms with E-state index in [1.807, 2.05) is 0 Å². The van der Waals surface area contributed by atoms with E-state index >= 15 is 0 Å². The molecular weight excluding hydrogens is 272 g/mol. The van der Waals surface area contributed by atoms with Gasteiger partial charge in [0.25, 0.3) is 5.91 Å². The molecule has 0 aliphatic heterocycles. The predicted octanol–water partition coefficient (Wildman–Crippen LogP) is 3.87. The summed E-state index contributed by atoms with van der Waals surface area (Å²) in [5, 5.41) is 3.64. The monoisotopic (exact) mass is 294 g/mol. The van der Waals surface area contributed by atoms with Crippen molar-refractivity contribution >= 4 is 23.2 Å². The van der Waals surface area contributed by atoms with Crippen LogP contribution in [0.25, 0.3) is 0 Å². The molecule has 1 saturated carbocycles. The van der Waals surface area contributed by atoms with Crippen LogP contribution in [0.15, 0.2) is 18.2 Å². The third kappa shape index (κ3) is 3.66. The first-order chi connectivity index (χ1) is 9.27. The van der Waals surface area contributed by atoms with Gasteiger partial charge in [-0.05, 0) is 48.8 Å². The van der Waals surface area contributed by atoms with Crippen molar-refractivity contribution in [1.29, 1.82) is 0 Å². The number of hydrogen-bond acceptors (Lipinski definition) is 2. The Labute approximate surface area is 125 Å². The largest absolute Gasteiger partial charge is 0.398 e. The zero-order valence-corrected chi connectivity index (χ0v) is 13.1. The van der Waals surface area contributed by atoms with E-state index in [4.69, 9.17) is 17.3 Å². The molecule has 1 aliphatic carbocycles. The van der Waals surface area contributed by atoms with Gasteiger partial charge >= 0.3 is 0 Å². The standard InChI is InChI=1S/C16H23ClN2O/c1-10-6-12(9-16(2,3)8-10)19-15(20)13-7-11(17)4-5-14(13)18/h4-5,7,10,12H,6,8-9,18H2,1-3H3,(H,19,20). The molecule has 0 spiro atoms. The maximum absolute atomic E-state index is 12.4. The number of benzene rings is 1. The van der Waals surface area contributed by atoms with Crippen LogP contribution in [0.5, 0.6) is 0 Å². The summed E-state index contributed by atoms with van der Waals surface area (Å²) < 4.78 is 0. The van der Waals surface area contributed by atoms with Gasteiger partial charge in [0.15, 0.2) is 0 Å². The van der Waals surface area contributed by atoms with Crippen LogP contribution in [0.1, 0.15) is 50.4 Å². The minimum absolute atomic E-state index is 0.125. The van der Waals surface area contributed by atoms with Crippen LogP contribution in [-0.2, 0) is 0 Å². The summed E-state index contributed by atoms with van der Waals surface area (Å²) in [5.74, 6) is 0.501. The van der Waals surface area contributed by atoms with Gasteiger partial charge in [0, 0.05) is 16.8 Å². The Morgan fingerprint density at radius 3 is 2.75 bits per heavy atom. The second-order valence-corrected chi connectivity index (χ2v) is 7.25. The molecule has 3 N–H and O–H groups in total. The first-order valence-corrected chi connectivity index (χ1v) is 7.50. The van der Waals surface area contributed by atoms with Crippen LogP contribution in [0.2, 0.25) is 5.02 Å². The molecule has 2 unspecified atom stereocenters. The number of carbonyl (C=O) groups is 1. The van der Waals surface area contributed by atoms with Gasteiger partial charge in [-0.25, -0.2) is 0 Å². The van der Waals surface area contributed by atoms with Gasteiger partial charge in [0.1, 0.15) is 0 Å². The van der Waals surface area contributed by atoms with Gasteiger partial charge in [-0.15, -0.1) is 0 Å². The molecule has 20 heavy (non-hydrogen) atoms. The normalized spacial score (nSPS) is 25.2. The molecule has 1 amide bonds. The minimum atomic E-state index is -0.125. The fraction of sp³-hybridized carbons (Fsp3) is 0.562. The van der Waals surface area contributed by atoms with E-state index in [2.05, 4.69) is 26.1 Å². The summed E-state index contributed by atoms with van der Waals surface area (Å²) in [6.07, 6.45) is 3.23. The smallest absolute Gasteiger partial charge is 0.253 e. The molecule has 2 rings (SSSR count). The van der Waals surface area contributed by atoms with E-state index in [-0.39, 0.29) is 17.4 Å². The van der Waals surface area contributed by atoms with E-state index in [1.165, 1.54) is 6.42 Å². The van der Waals surface area contributed by atoms with Crippen molar-refractivity contribution in [3.8, 4) is 0 Å². The highest BCUT2D eigenvalue weighted by Gasteiger charge is 2.32. The first kappa shape index (κ1) is 15.2. The highest BCUT2D eigenvalue weighted by atomic mass is 35.5. The number of rotatable bonds is 2. The number of nitrogen functional groups attached to an aromatic ring is 1. The summed E-state index contributed by atoms with van der Waals surface area (Å²) >= 11 is 5.94. The second-order valence-electron chi connectivity index (χ2n) is 6.82. The highest BCUT2D eigenvalue weighted by Crippen LogP contribution is 2.38. The average molecular weight is 295 g/mol. The van der Waals surface area contributed by atoms with E-state index < -0.39 is 0 Å². The topological polar surface area (TPSA) is 55.1 Å². The summed E-state index contributed by atoms with van der Waals surface area (Å²) in [4.78, 5) is 12.4. The Morgan fingerprint density at radius 2 is 2.10 bits per heavy atom. The maximum atomic E-state index is 12.4. The maximum Gasteiger partial charge on any atom is 0.253 e. The fourth-order valence-corrected chi connectivity index (χ4v) is 3.62. The van der Waals surface area contributed by atoms with E-state index in [0.29, 0.717) is 22.2 Å². The van der Waals surface area contributed by atoms with Gasteiger partial charge in [0.2, 0.25) is 0 Å². The molecule has 4 heteroatoms. The Hall–Kier alpha value is -1.22. The Balaban J connectivity index is 2.09. The molecule has 2 atom stereocenters. The predicted molar refractivity (Wildman–Crippen MR) is 83.9 cm³/mol. The third-order valence-corrected chi connectivity index (χ3v) is 4.22. The van der Waals surface area contributed by atoms with Crippen molar-refractivity contribution in [1.82, 2.24) is 5.32 Å². The highest BCUT2D eigenvalue weighted by molar-refractivity contribution is 6.31. The summed E-state index contributed by atoms with van der Waals surface area (Å²) in [6.45, 7) is 6.76. The number of hydrogen-bond donors (Lipinski definition) is 2. The molecule has 3 nitrogen and oxygen atoms in total. The van der Waals surface area contributed by atoms with Gasteiger partial charge < -0.3 is 11.1 Å². The van der Waals surface area contributed by atoms with Crippen molar-refractivity contribution < 1.29 is 4.79 Å². The number of carbonyl (C=O) groups excluding carboxylic acids is 1. The second kappa shape index (κ2) is 5.65. The number of amides is 1. The van der Waals surface area contributed by atoms with Gasteiger partial charge in [-0.3, -0.25) is 4.79 Å². The lowest BCUT2D eigenvalue weighted by atomic mass is 9.70. The lowest BCUT2D eigenvalue weighted by Gasteiger charge is -2.39. The fourth-order valence-electron chi connectivity index (χ4n) is 3.44. The molecule has 1 aromatic carbocycles. The number of nitrogens with two attached hydrogens (primary N) is 1. The molecule has 0 saturated heterocycles. The van der Waals surface area contributed by atoms with Gasteiger partial charge in [-0.2, -0.15) is 0 Å². The molecule has 0 heterocycles. The lowest BCUT2D eigenvalue weighted by molar-refractivity contribution is 0.0875. The molecule has 1 fully saturated rings. The molecule has 0 bridgehead atoms. The van der Waals surface area contributed by atoms with Crippen LogP contribution < -0.4 is 11.1 Å². The van der Waals surface area contributed by atoms with Crippen molar-refractivity contribution in [3.63, 3.8) is 0 Å². The molecule has 1 aliphatic rings. The SMILES string of the molecule is CC1CC(NC(=O)c2cc(Cl)ccc2N)CC(C)(C)C1. The van der Waals surface area contributed by atoms with Crippen LogP contribution >= 0.6 is 11.6 Å². The number of anilines is 1. The Kier molecular flexibility index (Phi) is 4.28. The van der Waals surface area contributed by atoms with Crippen LogP contribution in [-0.4, -0.2) is 11.9 Å². The number of nitrogens with one attached hydrogen (secondary N) is 1. The van der Waals surface area contributed by atoms with Gasteiger partial charge in [-0.1, -0.05) is 32.4 Å². The lowest BCUT2D eigenvalue weighted by Crippen LogP contribution is -2.43. The van der Waals surface area contributed by atoms with Crippen molar-refractivity contribution in [3.05, 3.63) is 28.8 Å². The Morgan fingerprint density at radius 1 is 1.40 bits per heavy atom. The molecule has 1 aromatic rings. The van der Waals surface area contributed by atoms with E-state index in [0.717, 1.165) is 12.8 Å². The minimum Gasteiger partial charge on any atom is -0.398 e. The van der Waals surface area contributed by atoms with Crippen LogP contribution in [0, 0.1) is 11.3 Å². The quantitative estimate of drug-likeness (QED) is 0.814. The van der Waals surface area contributed by atoms with Crippen molar-refractivity contribution in [2.45, 2.75) is 46.1 Å². The molecule has 0 radical (unpaired) electrons. The van der Waals surface area contributed by atoms with Gasteiger partial charge in [0.05, 0.1) is 5.56 Å². The van der Waals surface area contributed by atoms with Crippen molar-refractivity contribution in [2.24, 2.45) is 11.3 Å². The van der Waals surface area contributed by atoms with E-state index in [9.17, 15) is 4.79 Å². The van der Waals surface area contributed by atoms with Crippen molar-refractivity contribution in [2.75, 3.05) is 5.73 Å². The Bertz CT molecular complexity index is 513. The summed E-state index contributed by atoms with van der Waals surface area (Å²) in [7, 11) is 0.